The summed E-state index contributed by atoms with van der Waals surface area (Å²) in [6, 6.07) is 3.52. The van der Waals surface area contributed by atoms with Crippen LogP contribution in [0.15, 0.2) is 23.6 Å². The smallest absolute Gasteiger partial charge is 0.270 e. The summed E-state index contributed by atoms with van der Waals surface area (Å²) in [4.78, 5) is 11.6. The van der Waals surface area contributed by atoms with Crippen LogP contribution >= 0.6 is 0 Å². The first-order valence-electron chi connectivity index (χ1n) is 4.09. The third kappa shape index (κ3) is 1.72. The van der Waals surface area contributed by atoms with Crippen molar-refractivity contribution < 1.29 is 0 Å². The summed E-state index contributed by atoms with van der Waals surface area (Å²) in [6.07, 6.45) is 2.82. The summed E-state index contributed by atoms with van der Waals surface area (Å²) in [5, 5.41) is 17.5. The Labute approximate surface area is 86.3 Å². The van der Waals surface area contributed by atoms with Gasteiger partial charge in [-0.15, -0.1) is 6.58 Å². The topological polar surface area (TPSA) is 95.6 Å². The van der Waals surface area contributed by atoms with Crippen molar-refractivity contribution in [2.45, 2.75) is 6.54 Å². The maximum atomic E-state index is 11.6. The lowest BCUT2D eigenvalue weighted by Gasteiger charge is -2.05. The molecule has 0 bridgehead atoms. The second-order valence-corrected chi connectivity index (χ2v) is 2.80. The minimum Gasteiger partial charge on any atom is -0.396 e. The number of allylic oxidation sites excluding steroid dienone is 1. The van der Waals surface area contributed by atoms with Crippen LogP contribution in [0.5, 0.6) is 0 Å². The number of pyridine rings is 1. The first-order chi connectivity index (χ1) is 7.15. The van der Waals surface area contributed by atoms with Gasteiger partial charge in [0.2, 0.25) is 0 Å². The van der Waals surface area contributed by atoms with Crippen LogP contribution in [0, 0.1) is 22.7 Å². The van der Waals surface area contributed by atoms with Crippen LogP contribution in [-0.4, -0.2) is 4.57 Å². The Hall–Kier alpha value is -2.53. The first-order valence-corrected chi connectivity index (χ1v) is 4.09. The molecule has 0 fully saturated rings. The fourth-order valence-corrected chi connectivity index (χ4v) is 1.15. The van der Waals surface area contributed by atoms with E-state index in [1.807, 2.05) is 6.07 Å². The van der Waals surface area contributed by atoms with Gasteiger partial charge in [-0.3, -0.25) is 4.79 Å². The third-order valence-corrected chi connectivity index (χ3v) is 1.88. The molecule has 5 heteroatoms. The fraction of sp³-hybridized carbons (Fsp3) is 0.100. The molecule has 74 valence electrons. The molecule has 5 nitrogen and oxygen atoms in total. The molecule has 1 aromatic rings. The van der Waals surface area contributed by atoms with Crippen molar-refractivity contribution in [1.29, 1.82) is 10.5 Å². The van der Waals surface area contributed by atoms with Crippen molar-refractivity contribution in [3.63, 3.8) is 0 Å². The molecule has 0 atom stereocenters. The highest BCUT2D eigenvalue weighted by molar-refractivity contribution is 5.62. The number of rotatable bonds is 2. The molecular weight excluding hydrogens is 192 g/mol. The summed E-state index contributed by atoms with van der Waals surface area (Å²) in [5.41, 5.74) is 4.84. The molecule has 1 aromatic heterocycles. The molecule has 0 aliphatic heterocycles. The van der Waals surface area contributed by atoms with Crippen LogP contribution in [0.25, 0.3) is 0 Å². The van der Waals surface area contributed by atoms with E-state index in [0.717, 1.165) is 0 Å². The molecule has 0 saturated carbocycles. The van der Waals surface area contributed by atoms with Crippen LogP contribution in [0.1, 0.15) is 11.1 Å². The normalized spacial score (nSPS) is 8.93. The molecule has 0 radical (unpaired) electrons. The highest BCUT2D eigenvalue weighted by Crippen LogP contribution is 2.11. The van der Waals surface area contributed by atoms with Gasteiger partial charge in [-0.2, -0.15) is 10.5 Å². The highest BCUT2D eigenvalue weighted by Gasteiger charge is 2.11. The predicted octanol–water partition coefficient (Wildman–Crippen LogP) is 0.360. The van der Waals surface area contributed by atoms with Gasteiger partial charge in [0.15, 0.2) is 0 Å². The molecule has 0 spiro atoms. The van der Waals surface area contributed by atoms with Crippen molar-refractivity contribution in [1.82, 2.24) is 4.57 Å². The van der Waals surface area contributed by atoms with E-state index < -0.39 is 5.56 Å². The van der Waals surface area contributed by atoms with E-state index >= 15 is 0 Å². The van der Waals surface area contributed by atoms with Crippen molar-refractivity contribution in [2.75, 3.05) is 5.73 Å². The van der Waals surface area contributed by atoms with Gasteiger partial charge < -0.3 is 10.3 Å². The van der Waals surface area contributed by atoms with Crippen molar-refractivity contribution in [3.8, 4) is 12.1 Å². The molecule has 1 heterocycles. The number of aromatic nitrogens is 1. The van der Waals surface area contributed by atoms with Gasteiger partial charge in [0, 0.05) is 12.7 Å². The predicted molar refractivity (Wildman–Crippen MR) is 54.7 cm³/mol. The van der Waals surface area contributed by atoms with Crippen LogP contribution in [0.2, 0.25) is 0 Å². The summed E-state index contributed by atoms with van der Waals surface area (Å²) < 4.78 is 1.22. The third-order valence-electron chi connectivity index (χ3n) is 1.88. The second-order valence-electron chi connectivity index (χ2n) is 2.80. The Kier molecular flexibility index (Phi) is 2.90. The molecule has 0 aliphatic carbocycles. The van der Waals surface area contributed by atoms with Crippen LogP contribution in [0.3, 0.4) is 0 Å². The summed E-state index contributed by atoms with van der Waals surface area (Å²) in [5.74, 6) is 0. The number of nitrogens with two attached hydrogens (primary N) is 1. The van der Waals surface area contributed by atoms with Crippen molar-refractivity contribution in [3.05, 3.63) is 40.3 Å². The maximum absolute atomic E-state index is 11.6. The minimum absolute atomic E-state index is 0.0645. The molecule has 0 saturated heterocycles. The molecular formula is C10H8N4O. The highest BCUT2D eigenvalue weighted by atomic mass is 16.1. The number of nitriles is 2. The van der Waals surface area contributed by atoms with E-state index in [1.54, 1.807) is 6.07 Å². The van der Waals surface area contributed by atoms with E-state index in [1.165, 1.54) is 16.8 Å². The molecule has 2 N–H and O–H groups in total. The lowest BCUT2D eigenvalue weighted by atomic mass is 10.1. The zero-order valence-electron chi connectivity index (χ0n) is 7.90. The Bertz CT molecular complexity index is 542. The first kappa shape index (κ1) is 10.6. The summed E-state index contributed by atoms with van der Waals surface area (Å²) in [7, 11) is 0. The van der Waals surface area contributed by atoms with Crippen LogP contribution < -0.4 is 11.3 Å². The van der Waals surface area contributed by atoms with E-state index in [-0.39, 0.29) is 23.4 Å². The Balaban J connectivity index is 3.62. The monoisotopic (exact) mass is 200 g/mol. The van der Waals surface area contributed by atoms with Crippen LogP contribution in [-0.2, 0) is 6.54 Å². The molecule has 1 rings (SSSR count). The van der Waals surface area contributed by atoms with E-state index in [2.05, 4.69) is 6.58 Å². The van der Waals surface area contributed by atoms with Gasteiger partial charge in [-0.05, 0) is 0 Å². The van der Waals surface area contributed by atoms with E-state index in [0.29, 0.717) is 0 Å². The number of hydrogen-bond acceptors (Lipinski definition) is 4. The Morgan fingerprint density at radius 1 is 1.53 bits per heavy atom. The van der Waals surface area contributed by atoms with Gasteiger partial charge in [0.05, 0.1) is 11.3 Å². The lowest BCUT2D eigenvalue weighted by molar-refractivity contribution is 0.776. The van der Waals surface area contributed by atoms with Crippen molar-refractivity contribution >= 4 is 5.69 Å². The Morgan fingerprint density at radius 3 is 2.67 bits per heavy atom. The van der Waals surface area contributed by atoms with Gasteiger partial charge in [0.1, 0.15) is 17.7 Å². The maximum Gasteiger partial charge on any atom is 0.270 e. The number of anilines is 1. The SMILES string of the molecule is C=CCn1cc(C#N)c(N)c(C#N)c1=O. The molecule has 0 aliphatic rings. The fourth-order valence-electron chi connectivity index (χ4n) is 1.15. The van der Waals surface area contributed by atoms with Crippen LogP contribution in [0.4, 0.5) is 5.69 Å². The second kappa shape index (κ2) is 4.12. The average Bonchev–Trinajstić information content (AvgIpc) is 2.23. The largest absolute Gasteiger partial charge is 0.396 e. The van der Waals surface area contributed by atoms with E-state index in [4.69, 9.17) is 16.3 Å². The standard InChI is InChI=1S/C10H8N4O/c1-2-3-14-6-7(4-11)9(13)8(5-12)10(14)15/h2,6H,1,3,13H2. The van der Waals surface area contributed by atoms with Gasteiger partial charge in [-0.25, -0.2) is 0 Å². The quantitative estimate of drug-likeness (QED) is 0.697. The van der Waals surface area contributed by atoms with E-state index in [9.17, 15) is 4.79 Å². The van der Waals surface area contributed by atoms with Gasteiger partial charge >= 0.3 is 0 Å². The molecule has 0 unspecified atom stereocenters. The summed E-state index contributed by atoms with van der Waals surface area (Å²) in [6.45, 7) is 3.71. The van der Waals surface area contributed by atoms with Crippen molar-refractivity contribution in [2.24, 2.45) is 0 Å². The molecule has 0 amide bonds. The van der Waals surface area contributed by atoms with Gasteiger partial charge in [-0.1, -0.05) is 6.08 Å². The lowest BCUT2D eigenvalue weighted by Crippen LogP contribution is -2.24. The molecule has 0 aromatic carbocycles. The number of hydrogen-bond donors (Lipinski definition) is 1. The van der Waals surface area contributed by atoms with Gasteiger partial charge in [0.25, 0.3) is 5.56 Å². The minimum atomic E-state index is -0.506. The Morgan fingerprint density at radius 2 is 2.20 bits per heavy atom. The number of nitrogen functional groups attached to an aromatic ring is 1. The summed E-state index contributed by atoms with van der Waals surface area (Å²) >= 11 is 0. The zero-order valence-corrected chi connectivity index (χ0v) is 7.90. The number of nitrogens with zero attached hydrogens (tertiary/aromatic N) is 3. The average molecular weight is 200 g/mol. The zero-order chi connectivity index (χ0) is 11.4. The molecule has 15 heavy (non-hydrogen) atoms.